The van der Waals surface area contributed by atoms with E-state index in [4.69, 9.17) is 9.15 Å². The molecule has 0 saturated heterocycles. The van der Waals surface area contributed by atoms with Crippen LogP contribution in [0.5, 0.6) is 0 Å². The zero-order valence-corrected chi connectivity index (χ0v) is 14.0. The van der Waals surface area contributed by atoms with Crippen LogP contribution in [0.15, 0.2) is 65.4 Å². The predicted molar refractivity (Wildman–Crippen MR) is 97.6 cm³/mol. The topological polar surface area (TPSA) is 72.6 Å². The highest BCUT2D eigenvalue weighted by atomic mass is 16.5. The van der Waals surface area contributed by atoms with Crippen molar-refractivity contribution in [3.05, 3.63) is 88.8 Å². The average molecular weight is 355 g/mol. The standard InChI is InChI=1S/C22H13NO4/c24-22(25)12-5-7-15-17(9-12)21-16-8-11(4-6-14(16)20(15)27-21)13-2-1-3-18-19(13)23-10-26-18/h1-10,20-21H,(H,24,25). The van der Waals surface area contributed by atoms with E-state index in [9.17, 15) is 9.90 Å². The Balaban J connectivity index is 1.50. The van der Waals surface area contributed by atoms with Crippen LogP contribution in [0, 0.1) is 0 Å². The summed E-state index contributed by atoms with van der Waals surface area (Å²) >= 11 is 0. The van der Waals surface area contributed by atoms with Crippen molar-refractivity contribution in [2.45, 2.75) is 12.2 Å². The normalized spacial score (nSPS) is 19.3. The lowest BCUT2D eigenvalue weighted by Gasteiger charge is -2.17. The molecule has 2 bridgehead atoms. The number of rotatable bonds is 2. The molecule has 4 aromatic rings. The van der Waals surface area contributed by atoms with E-state index in [1.165, 1.54) is 6.39 Å². The minimum atomic E-state index is -0.924. The third-order valence-corrected chi connectivity index (χ3v) is 5.49. The van der Waals surface area contributed by atoms with E-state index in [0.717, 1.165) is 44.5 Å². The summed E-state index contributed by atoms with van der Waals surface area (Å²) in [7, 11) is 0. The Morgan fingerprint density at radius 1 is 0.926 bits per heavy atom. The van der Waals surface area contributed by atoms with Gasteiger partial charge in [-0.1, -0.05) is 30.3 Å². The molecule has 27 heavy (non-hydrogen) atoms. The van der Waals surface area contributed by atoms with E-state index in [1.54, 1.807) is 12.1 Å². The van der Waals surface area contributed by atoms with Crippen molar-refractivity contribution in [2.24, 2.45) is 0 Å². The summed E-state index contributed by atoms with van der Waals surface area (Å²) in [6.07, 6.45) is 1.10. The number of ether oxygens (including phenoxy) is 1. The molecule has 1 aromatic heterocycles. The highest BCUT2D eigenvalue weighted by Crippen LogP contribution is 2.54. The van der Waals surface area contributed by atoms with Crippen LogP contribution >= 0.6 is 0 Å². The van der Waals surface area contributed by atoms with Crippen LogP contribution in [0.4, 0.5) is 0 Å². The van der Waals surface area contributed by atoms with Crippen LogP contribution in [-0.2, 0) is 4.74 Å². The van der Waals surface area contributed by atoms with Crippen molar-refractivity contribution in [3.8, 4) is 11.1 Å². The van der Waals surface area contributed by atoms with Crippen LogP contribution < -0.4 is 0 Å². The number of aromatic carboxylic acids is 1. The number of benzene rings is 3. The van der Waals surface area contributed by atoms with Gasteiger partial charge in [-0.3, -0.25) is 0 Å². The minimum Gasteiger partial charge on any atom is -0.478 e. The van der Waals surface area contributed by atoms with Crippen LogP contribution in [0.3, 0.4) is 0 Å². The van der Waals surface area contributed by atoms with E-state index in [-0.39, 0.29) is 17.8 Å². The summed E-state index contributed by atoms with van der Waals surface area (Å²) in [6.45, 7) is 0. The molecule has 0 spiro atoms. The van der Waals surface area contributed by atoms with Crippen LogP contribution in [0.25, 0.3) is 22.2 Å². The van der Waals surface area contributed by atoms with Gasteiger partial charge in [0.2, 0.25) is 0 Å². The maximum Gasteiger partial charge on any atom is 0.335 e. The fraction of sp³-hybridized carbons (Fsp3) is 0.0909. The Morgan fingerprint density at radius 3 is 2.56 bits per heavy atom. The molecule has 130 valence electrons. The van der Waals surface area contributed by atoms with E-state index < -0.39 is 5.97 Å². The molecule has 3 heterocycles. The molecule has 2 unspecified atom stereocenters. The van der Waals surface area contributed by atoms with Crippen molar-refractivity contribution < 1.29 is 19.1 Å². The second-order valence-electron chi connectivity index (χ2n) is 6.89. The molecule has 5 heteroatoms. The summed E-state index contributed by atoms with van der Waals surface area (Å²) in [6, 6.07) is 17.4. The van der Waals surface area contributed by atoms with E-state index >= 15 is 0 Å². The van der Waals surface area contributed by atoms with Gasteiger partial charge in [-0.2, -0.15) is 0 Å². The lowest BCUT2D eigenvalue weighted by atomic mass is 9.84. The van der Waals surface area contributed by atoms with Crippen molar-refractivity contribution in [2.75, 3.05) is 0 Å². The van der Waals surface area contributed by atoms with Gasteiger partial charge in [-0.25, -0.2) is 9.78 Å². The van der Waals surface area contributed by atoms with Gasteiger partial charge in [-0.05, 0) is 52.1 Å². The quantitative estimate of drug-likeness (QED) is 0.563. The first kappa shape index (κ1) is 14.7. The third-order valence-electron chi connectivity index (χ3n) is 5.49. The fourth-order valence-corrected chi connectivity index (χ4v) is 4.27. The van der Waals surface area contributed by atoms with E-state index in [2.05, 4.69) is 23.2 Å². The largest absolute Gasteiger partial charge is 0.478 e. The number of carboxylic acid groups (broad SMARTS) is 1. The van der Waals surface area contributed by atoms with Crippen LogP contribution in [0.1, 0.15) is 44.8 Å². The Kier molecular flexibility index (Phi) is 2.75. The van der Waals surface area contributed by atoms with Gasteiger partial charge in [0.25, 0.3) is 0 Å². The molecular weight excluding hydrogens is 342 g/mol. The number of hydrogen-bond acceptors (Lipinski definition) is 4. The Morgan fingerprint density at radius 2 is 1.70 bits per heavy atom. The van der Waals surface area contributed by atoms with Crippen molar-refractivity contribution >= 4 is 17.1 Å². The molecule has 2 aliphatic heterocycles. The second kappa shape index (κ2) is 5.05. The zero-order valence-electron chi connectivity index (χ0n) is 14.0. The van der Waals surface area contributed by atoms with E-state index in [0.29, 0.717) is 0 Å². The molecule has 3 aromatic carbocycles. The number of fused-ring (bicyclic) bond motifs is 9. The Labute approximate surface area is 153 Å². The summed E-state index contributed by atoms with van der Waals surface area (Å²) in [5.41, 5.74) is 8.16. The number of aromatic nitrogens is 1. The summed E-state index contributed by atoms with van der Waals surface area (Å²) < 4.78 is 11.6. The molecule has 0 radical (unpaired) electrons. The number of carboxylic acids is 1. The molecule has 2 atom stereocenters. The molecule has 6 rings (SSSR count). The molecule has 0 saturated carbocycles. The number of nitrogens with zero attached hydrogens (tertiary/aromatic N) is 1. The smallest absolute Gasteiger partial charge is 0.335 e. The highest BCUT2D eigenvalue weighted by molar-refractivity contribution is 5.91. The van der Waals surface area contributed by atoms with Crippen molar-refractivity contribution in [1.29, 1.82) is 0 Å². The van der Waals surface area contributed by atoms with Crippen molar-refractivity contribution in [3.63, 3.8) is 0 Å². The first-order valence-corrected chi connectivity index (χ1v) is 8.70. The summed E-state index contributed by atoms with van der Waals surface area (Å²) in [4.78, 5) is 15.7. The Hall–Kier alpha value is -3.44. The molecule has 5 nitrogen and oxygen atoms in total. The molecule has 2 aliphatic rings. The Bertz CT molecular complexity index is 1260. The molecular formula is C22H13NO4. The monoisotopic (exact) mass is 355 g/mol. The number of carbonyl (C=O) groups is 1. The lowest BCUT2D eigenvalue weighted by molar-refractivity contribution is 0.0696. The lowest BCUT2D eigenvalue weighted by Crippen LogP contribution is -2.06. The fourth-order valence-electron chi connectivity index (χ4n) is 4.27. The van der Waals surface area contributed by atoms with Crippen molar-refractivity contribution in [1.82, 2.24) is 4.98 Å². The van der Waals surface area contributed by atoms with Gasteiger partial charge in [0.1, 0.15) is 17.7 Å². The first-order chi connectivity index (χ1) is 13.2. The number of oxazole rings is 1. The zero-order chi connectivity index (χ0) is 18.1. The second-order valence-corrected chi connectivity index (χ2v) is 6.89. The van der Waals surface area contributed by atoms with E-state index in [1.807, 2.05) is 24.3 Å². The number of hydrogen-bond donors (Lipinski definition) is 1. The predicted octanol–water partition coefficient (Wildman–Crippen LogP) is 4.72. The highest BCUT2D eigenvalue weighted by Gasteiger charge is 2.43. The molecule has 0 fully saturated rings. The summed E-state index contributed by atoms with van der Waals surface area (Å²) in [5.74, 6) is -0.924. The van der Waals surface area contributed by atoms with Gasteiger partial charge in [0, 0.05) is 5.56 Å². The summed E-state index contributed by atoms with van der Waals surface area (Å²) in [5, 5.41) is 9.30. The molecule has 0 amide bonds. The van der Waals surface area contributed by atoms with Gasteiger partial charge >= 0.3 is 5.97 Å². The van der Waals surface area contributed by atoms with Gasteiger partial charge in [-0.15, -0.1) is 0 Å². The van der Waals surface area contributed by atoms with Gasteiger partial charge in [0.15, 0.2) is 12.0 Å². The molecule has 0 aliphatic carbocycles. The minimum absolute atomic E-state index is 0.125. The molecule has 1 N–H and O–H groups in total. The first-order valence-electron chi connectivity index (χ1n) is 8.70. The third kappa shape index (κ3) is 1.92. The number of para-hydroxylation sites is 1. The van der Waals surface area contributed by atoms with Gasteiger partial charge < -0.3 is 14.3 Å². The SMILES string of the molecule is O=C(O)c1ccc2c(c1)C1OC2c2ccc(-c3cccc4ocnc34)cc21. The average Bonchev–Trinajstić information content (AvgIpc) is 3.40. The maximum absolute atomic E-state index is 11.3. The maximum atomic E-state index is 11.3. The van der Waals surface area contributed by atoms with Gasteiger partial charge in [0.05, 0.1) is 5.56 Å². The van der Waals surface area contributed by atoms with Crippen LogP contribution in [0.2, 0.25) is 0 Å². The van der Waals surface area contributed by atoms with Crippen LogP contribution in [-0.4, -0.2) is 16.1 Å².